The van der Waals surface area contributed by atoms with Gasteiger partial charge >= 0.3 is 12.1 Å². The fourth-order valence-corrected chi connectivity index (χ4v) is 1.62. The van der Waals surface area contributed by atoms with Crippen molar-refractivity contribution in [1.82, 2.24) is 0 Å². The second kappa shape index (κ2) is 5.90. The average Bonchev–Trinajstić information content (AvgIpc) is 2.28. The van der Waals surface area contributed by atoms with Crippen LogP contribution in [0, 0.1) is 0 Å². The molecule has 0 aliphatic rings. The van der Waals surface area contributed by atoms with Crippen LogP contribution in [0.4, 0.5) is 4.79 Å². The largest absolute Gasteiger partial charge is 0.508 e. The lowest BCUT2D eigenvalue weighted by Gasteiger charge is -2.12. The quantitative estimate of drug-likeness (QED) is 0.737. The molecule has 4 N–H and O–H groups in total. The molecule has 0 saturated heterocycles. The first-order valence-electron chi connectivity index (χ1n) is 5.42. The van der Waals surface area contributed by atoms with Crippen molar-refractivity contribution in [2.45, 2.75) is 25.9 Å². The summed E-state index contributed by atoms with van der Waals surface area (Å²) in [4.78, 5) is 21.4. The highest BCUT2D eigenvalue weighted by Crippen LogP contribution is 2.26. The number of aromatic hydroxyl groups is 1. The molecule has 1 atom stereocenters. The fourth-order valence-electron chi connectivity index (χ4n) is 1.62. The van der Waals surface area contributed by atoms with Crippen LogP contribution in [-0.2, 0) is 16.1 Å². The Hall–Kier alpha value is -2.24. The Morgan fingerprint density at radius 2 is 2.11 bits per heavy atom. The Labute approximate surface area is 104 Å². The number of phenols is 1. The van der Waals surface area contributed by atoms with Gasteiger partial charge in [0.15, 0.2) is 0 Å². The van der Waals surface area contributed by atoms with Crippen molar-refractivity contribution in [3.8, 4) is 5.75 Å². The summed E-state index contributed by atoms with van der Waals surface area (Å²) < 4.78 is 4.55. The van der Waals surface area contributed by atoms with Crippen molar-refractivity contribution in [2.24, 2.45) is 5.73 Å². The average molecular weight is 253 g/mol. The maximum absolute atomic E-state index is 11.0. The molecule has 0 aliphatic carbocycles. The van der Waals surface area contributed by atoms with Crippen molar-refractivity contribution < 1.29 is 24.5 Å². The molecule has 18 heavy (non-hydrogen) atoms. The van der Waals surface area contributed by atoms with Gasteiger partial charge in [0.05, 0.1) is 5.92 Å². The Kier molecular flexibility index (Phi) is 4.53. The lowest BCUT2D eigenvalue weighted by atomic mass is 9.95. The van der Waals surface area contributed by atoms with E-state index in [0.29, 0.717) is 17.5 Å². The minimum absolute atomic E-state index is 0.117. The van der Waals surface area contributed by atoms with Crippen LogP contribution in [0.25, 0.3) is 0 Å². The number of amides is 1. The van der Waals surface area contributed by atoms with Gasteiger partial charge in [-0.2, -0.15) is 0 Å². The second-order valence-corrected chi connectivity index (χ2v) is 3.79. The first-order valence-corrected chi connectivity index (χ1v) is 5.42. The molecular formula is C12H15NO5. The third kappa shape index (κ3) is 3.38. The molecule has 0 spiro atoms. The molecule has 1 aromatic rings. The molecule has 0 aromatic heterocycles. The van der Waals surface area contributed by atoms with E-state index in [2.05, 4.69) is 4.74 Å². The summed E-state index contributed by atoms with van der Waals surface area (Å²) in [7, 11) is 0. The summed E-state index contributed by atoms with van der Waals surface area (Å²) in [6.07, 6.45) is -0.512. The van der Waals surface area contributed by atoms with Gasteiger partial charge in [-0.05, 0) is 18.1 Å². The molecule has 1 aromatic carbocycles. The number of carboxylic acid groups (broad SMARTS) is 1. The van der Waals surface area contributed by atoms with Gasteiger partial charge in [-0.25, -0.2) is 4.79 Å². The minimum atomic E-state index is -0.946. The Morgan fingerprint density at radius 3 is 2.56 bits per heavy atom. The molecule has 6 heteroatoms. The predicted octanol–water partition coefficient (Wildman–Crippen LogP) is 1.57. The van der Waals surface area contributed by atoms with E-state index >= 15 is 0 Å². The molecule has 1 unspecified atom stereocenters. The third-order valence-electron chi connectivity index (χ3n) is 2.59. The van der Waals surface area contributed by atoms with Crippen molar-refractivity contribution in [3.63, 3.8) is 0 Å². The van der Waals surface area contributed by atoms with E-state index in [1.54, 1.807) is 13.0 Å². The zero-order valence-corrected chi connectivity index (χ0v) is 9.92. The molecular weight excluding hydrogens is 238 g/mol. The number of ether oxygens (including phenoxy) is 1. The van der Waals surface area contributed by atoms with Crippen molar-refractivity contribution >= 4 is 12.1 Å². The van der Waals surface area contributed by atoms with Crippen molar-refractivity contribution in [2.75, 3.05) is 0 Å². The van der Waals surface area contributed by atoms with Crippen LogP contribution in [0.15, 0.2) is 18.2 Å². The Morgan fingerprint density at radius 1 is 1.44 bits per heavy atom. The monoisotopic (exact) mass is 253 g/mol. The molecule has 0 fully saturated rings. The van der Waals surface area contributed by atoms with Crippen LogP contribution < -0.4 is 5.73 Å². The number of phenolic OH excluding ortho intramolecular Hbond substituents is 1. The maximum atomic E-state index is 11.0. The number of carbonyl (C=O) groups is 2. The number of nitrogens with two attached hydrogens (primary N) is 1. The smallest absolute Gasteiger partial charge is 0.404 e. The summed E-state index contributed by atoms with van der Waals surface area (Å²) in [5.41, 5.74) is 5.69. The molecule has 1 rings (SSSR count). The zero-order chi connectivity index (χ0) is 13.7. The van der Waals surface area contributed by atoms with Crippen LogP contribution in [0.5, 0.6) is 5.75 Å². The summed E-state index contributed by atoms with van der Waals surface area (Å²) in [5, 5.41) is 18.7. The molecule has 0 saturated carbocycles. The van der Waals surface area contributed by atoms with Gasteiger partial charge in [-0.15, -0.1) is 0 Å². The molecule has 6 nitrogen and oxygen atoms in total. The fraction of sp³-hybridized carbons (Fsp3) is 0.333. The molecule has 0 bridgehead atoms. The normalized spacial score (nSPS) is 11.8. The molecule has 0 aliphatic heterocycles. The molecule has 1 amide bonds. The van der Waals surface area contributed by atoms with Crippen LogP contribution >= 0.6 is 0 Å². The first-order chi connectivity index (χ1) is 8.45. The third-order valence-corrected chi connectivity index (χ3v) is 2.59. The van der Waals surface area contributed by atoms with Gasteiger partial charge in [0.1, 0.15) is 12.4 Å². The highest BCUT2D eigenvalue weighted by atomic mass is 16.5. The maximum Gasteiger partial charge on any atom is 0.404 e. The molecule has 98 valence electrons. The minimum Gasteiger partial charge on any atom is -0.508 e. The standard InChI is InChI=1S/C12H15NO5/c1-2-9(11(15)16)7-3-4-8(10(14)5-7)6-18-12(13)17/h3-5,9,14H,2,6H2,1H3,(H2,13,17)(H,15,16). The van der Waals surface area contributed by atoms with Gasteiger partial charge in [0.25, 0.3) is 0 Å². The van der Waals surface area contributed by atoms with E-state index in [0.717, 1.165) is 0 Å². The summed E-state index contributed by atoms with van der Waals surface area (Å²) >= 11 is 0. The second-order valence-electron chi connectivity index (χ2n) is 3.79. The van der Waals surface area contributed by atoms with Crippen molar-refractivity contribution in [3.05, 3.63) is 29.3 Å². The zero-order valence-electron chi connectivity index (χ0n) is 9.92. The van der Waals surface area contributed by atoms with Crippen molar-refractivity contribution in [1.29, 1.82) is 0 Å². The topological polar surface area (TPSA) is 110 Å². The first kappa shape index (κ1) is 13.8. The number of benzene rings is 1. The number of carbonyl (C=O) groups excluding carboxylic acids is 1. The van der Waals surface area contributed by atoms with E-state index in [4.69, 9.17) is 10.8 Å². The Bertz CT molecular complexity index is 458. The van der Waals surface area contributed by atoms with E-state index in [-0.39, 0.29) is 12.4 Å². The lowest BCUT2D eigenvalue weighted by Crippen LogP contribution is -2.13. The van der Waals surface area contributed by atoms with E-state index in [1.807, 2.05) is 0 Å². The summed E-state index contributed by atoms with van der Waals surface area (Å²) in [6, 6.07) is 4.46. The van der Waals surface area contributed by atoms with Crippen LogP contribution in [0.3, 0.4) is 0 Å². The highest BCUT2D eigenvalue weighted by Gasteiger charge is 2.18. The van der Waals surface area contributed by atoms with Crippen LogP contribution in [-0.4, -0.2) is 22.3 Å². The van der Waals surface area contributed by atoms with E-state index in [1.165, 1.54) is 12.1 Å². The molecule has 0 heterocycles. The van der Waals surface area contributed by atoms with E-state index < -0.39 is 18.0 Å². The van der Waals surface area contributed by atoms with Crippen LogP contribution in [0.1, 0.15) is 30.4 Å². The van der Waals surface area contributed by atoms with E-state index in [9.17, 15) is 14.7 Å². The van der Waals surface area contributed by atoms with Gasteiger partial charge in [-0.3, -0.25) is 4.79 Å². The van der Waals surface area contributed by atoms with Gasteiger partial charge in [0, 0.05) is 5.56 Å². The van der Waals surface area contributed by atoms with Gasteiger partial charge in [-0.1, -0.05) is 19.1 Å². The number of hydrogen-bond donors (Lipinski definition) is 3. The van der Waals surface area contributed by atoms with Gasteiger partial charge in [0.2, 0.25) is 0 Å². The SMILES string of the molecule is CCC(C(=O)O)c1ccc(COC(N)=O)c(O)c1. The Balaban J connectivity index is 2.90. The number of hydrogen-bond acceptors (Lipinski definition) is 4. The number of rotatable bonds is 5. The lowest BCUT2D eigenvalue weighted by molar-refractivity contribution is -0.138. The van der Waals surface area contributed by atoms with Gasteiger partial charge < -0.3 is 20.7 Å². The predicted molar refractivity (Wildman–Crippen MR) is 63.1 cm³/mol. The number of aliphatic carboxylic acids is 1. The highest BCUT2D eigenvalue weighted by molar-refractivity contribution is 5.76. The summed E-state index contributed by atoms with van der Waals surface area (Å²) in [5.74, 6) is -1.73. The summed E-state index contributed by atoms with van der Waals surface area (Å²) in [6.45, 7) is 1.60. The van der Waals surface area contributed by atoms with Crippen LogP contribution in [0.2, 0.25) is 0 Å². The number of primary amides is 1. The molecule has 0 radical (unpaired) electrons. The number of carboxylic acids is 1.